The fourth-order valence-electron chi connectivity index (χ4n) is 1.00. The molecule has 0 atom stereocenters. The SMILES string of the molecule is CC/C(Cl)=N/OC(=O)Nc1ccccc1C. The van der Waals surface area contributed by atoms with Crippen LogP contribution >= 0.6 is 11.6 Å². The second-order valence-electron chi connectivity index (χ2n) is 3.14. The van der Waals surface area contributed by atoms with Crippen LogP contribution in [0.1, 0.15) is 18.9 Å². The van der Waals surface area contributed by atoms with Gasteiger partial charge in [0.25, 0.3) is 0 Å². The van der Waals surface area contributed by atoms with Crippen molar-refractivity contribution in [3.8, 4) is 0 Å². The number of aryl methyl sites for hydroxylation is 1. The lowest BCUT2D eigenvalue weighted by Crippen LogP contribution is -2.12. The van der Waals surface area contributed by atoms with Gasteiger partial charge in [-0.1, -0.05) is 41.9 Å². The Hall–Kier alpha value is -1.55. The molecule has 1 aromatic rings. The average molecular weight is 241 g/mol. The van der Waals surface area contributed by atoms with E-state index in [4.69, 9.17) is 11.6 Å². The van der Waals surface area contributed by atoms with Gasteiger partial charge in [0, 0.05) is 12.1 Å². The largest absolute Gasteiger partial charge is 0.437 e. The molecule has 0 fully saturated rings. The number of hydrogen-bond donors (Lipinski definition) is 1. The molecule has 1 aromatic carbocycles. The van der Waals surface area contributed by atoms with Crippen LogP contribution in [-0.4, -0.2) is 11.3 Å². The Morgan fingerprint density at radius 2 is 2.19 bits per heavy atom. The number of nitrogens with one attached hydrogen (secondary N) is 1. The minimum Gasteiger partial charge on any atom is -0.297 e. The number of oxime groups is 1. The van der Waals surface area contributed by atoms with Crippen molar-refractivity contribution in [2.24, 2.45) is 5.16 Å². The smallest absolute Gasteiger partial charge is 0.297 e. The van der Waals surface area contributed by atoms with E-state index in [9.17, 15) is 4.79 Å². The number of rotatable bonds is 3. The minimum absolute atomic E-state index is 0.250. The topological polar surface area (TPSA) is 50.7 Å². The van der Waals surface area contributed by atoms with Crippen LogP contribution in [0.4, 0.5) is 10.5 Å². The predicted molar refractivity (Wildman–Crippen MR) is 64.9 cm³/mol. The Morgan fingerprint density at radius 3 is 2.81 bits per heavy atom. The highest BCUT2D eigenvalue weighted by atomic mass is 35.5. The van der Waals surface area contributed by atoms with Crippen molar-refractivity contribution in [3.05, 3.63) is 29.8 Å². The van der Waals surface area contributed by atoms with Gasteiger partial charge in [-0.15, -0.1) is 0 Å². The summed E-state index contributed by atoms with van der Waals surface area (Å²) in [6.45, 7) is 3.70. The summed E-state index contributed by atoms with van der Waals surface area (Å²) < 4.78 is 0. The lowest BCUT2D eigenvalue weighted by atomic mass is 10.2. The third-order valence-corrected chi connectivity index (χ3v) is 2.24. The van der Waals surface area contributed by atoms with Gasteiger partial charge in [-0.3, -0.25) is 10.2 Å². The van der Waals surface area contributed by atoms with Crippen LogP contribution in [0.5, 0.6) is 0 Å². The van der Waals surface area contributed by atoms with E-state index >= 15 is 0 Å². The van der Waals surface area contributed by atoms with E-state index in [1.807, 2.05) is 32.0 Å². The fraction of sp³-hybridized carbons (Fsp3) is 0.273. The summed E-state index contributed by atoms with van der Waals surface area (Å²) in [7, 11) is 0. The molecule has 1 amide bonds. The Labute approximate surface area is 99.2 Å². The number of halogens is 1. The minimum atomic E-state index is -0.652. The van der Waals surface area contributed by atoms with Gasteiger partial charge in [0.15, 0.2) is 0 Å². The molecule has 0 saturated heterocycles. The summed E-state index contributed by atoms with van der Waals surface area (Å²) in [6.07, 6.45) is -0.125. The van der Waals surface area contributed by atoms with Gasteiger partial charge in [-0.25, -0.2) is 4.79 Å². The summed E-state index contributed by atoms with van der Waals surface area (Å²) in [4.78, 5) is 15.8. The van der Waals surface area contributed by atoms with Gasteiger partial charge >= 0.3 is 6.09 Å². The number of carbonyl (C=O) groups is 1. The van der Waals surface area contributed by atoms with Gasteiger partial charge in [0.05, 0.1) is 0 Å². The van der Waals surface area contributed by atoms with E-state index < -0.39 is 6.09 Å². The lowest BCUT2D eigenvalue weighted by molar-refractivity contribution is 0.166. The summed E-state index contributed by atoms with van der Waals surface area (Å²) >= 11 is 5.59. The van der Waals surface area contributed by atoms with Gasteiger partial charge in [-0.05, 0) is 18.6 Å². The molecule has 0 aliphatic rings. The molecular formula is C11H13ClN2O2. The second kappa shape index (κ2) is 6.12. The molecule has 0 saturated carbocycles. The van der Waals surface area contributed by atoms with Crippen LogP contribution in [0.3, 0.4) is 0 Å². The van der Waals surface area contributed by atoms with Crippen molar-refractivity contribution in [1.29, 1.82) is 0 Å². The van der Waals surface area contributed by atoms with Crippen LogP contribution < -0.4 is 5.32 Å². The molecule has 4 nitrogen and oxygen atoms in total. The van der Waals surface area contributed by atoms with Crippen LogP contribution in [0, 0.1) is 6.92 Å². The molecule has 0 aromatic heterocycles. The predicted octanol–water partition coefficient (Wildman–Crippen LogP) is 3.51. The molecular weight excluding hydrogens is 228 g/mol. The first-order valence-electron chi connectivity index (χ1n) is 4.89. The lowest BCUT2D eigenvalue weighted by Gasteiger charge is -2.05. The number of amides is 1. The Balaban J connectivity index is 2.56. The molecule has 0 heterocycles. The van der Waals surface area contributed by atoms with Gasteiger partial charge in [0.1, 0.15) is 5.17 Å². The van der Waals surface area contributed by atoms with Crippen molar-refractivity contribution in [2.45, 2.75) is 20.3 Å². The zero-order valence-electron chi connectivity index (χ0n) is 9.16. The van der Waals surface area contributed by atoms with Gasteiger partial charge in [0.2, 0.25) is 0 Å². The molecule has 5 heteroatoms. The van der Waals surface area contributed by atoms with E-state index in [0.29, 0.717) is 12.1 Å². The zero-order chi connectivity index (χ0) is 12.0. The molecule has 0 radical (unpaired) electrons. The molecule has 0 spiro atoms. The zero-order valence-corrected chi connectivity index (χ0v) is 9.91. The molecule has 86 valence electrons. The Morgan fingerprint density at radius 1 is 1.50 bits per heavy atom. The first-order chi connectivity index (χ1) is 7.63. The van der Waals surface area contributed by atoms with E-state index in [-0.39, 0.29) is 5.17 Å². The molecule has 1 N–H and O–H groups in total. The molecule has 1 rings (SSSR count). The molecule has 16 heavy (non-hydrogen) atoms. The van der Waals surface area contributed by atoms with Crippen molar-refractivity contribution in [2.75, 3.05) is 5.32 Å². The van der Waals surface area contributed by atoms with Crippen LogP contribution in [-0.2, 0) is 4.84 Å². The van der Waals surface area contributed by atoms with E-state index in [1.165, 1.54) is 0 Å². The Kier molecular flexibility index (Phi) is 4.79. The van der Waals surface area contributed by atoms with E-state index in [1.54, 1.807) is 6.07 Å². The van der Waals surface area contributed by atoms with Crippen LogP contribution in [0.2, 0.25) is 0 Å². The number of anilines is 1. The number of nitrogens with zero attached hydrogens (tertiary/aromatic N) is 1. The maximum Gasteiger partial charge on any atom is 0.437 e. The van der Waals surface area contributed by atoms with Gasteiger partial charge in [-0.2, -0.15) is 0 Å². The molecule has 0 aliphatic carbocycles. The third kappa shape index (κ3) is 3.90. The van der Waals surface area contributed by atoms with Crippen molar-refractivity contribution in [3.63, 3.8) is 0 Å². The van der Waals surface area contributed by atoms with E-state index in [2.05, 4.69) is 15.3 Å². The number of para-hydroxylation sites is 1. The Bertz CT molecular complexity index is 405. The molecule has 0 aliphatic heterocycles. The van der Waals surface area contributed by atoms with Crippen LogP contribution in [0.15, 0.2) is 29.4 Å². The first-order valence-corrected chi connectivity index (χ1v) is 5.27. The maximum atomic E-state index is 11.3. The summed E-state index contributed by atoms with van der Waals surface area (Å²) in [5, 5.41) is 6.25. The molecule has 0 unspecified atom stereocenters. The second-order valence-corrected chi connectivity index (χ2v) is 3.58. The number of benzene rings is 1. The van der Waals surface area contributed by atoms with Crippen molar-refractivity contribution in [1.82, 2.24) is 0 Å². The number of carbonyl (C=O) groups excluding carboxylic acids is 1. The monoisotopic (exact) mass is 240 g/mol. The highest BCUT2D eigenvalue weighted by molar-refractivity contribution is 6.65. The maximum absolute atomic E-state index is 11.3. The summed E-state index contributed by atoms with van der Waals surface area (Å²) in [5.74, 6) is 0. The summed E-state index contributed by atoms with van der Waals surface area (Å²) in [5.41, 5.74) is 1.64. The highest BCUT2D eigenvalue weighted by Crippen LogP contribution is 2.13. The third-order valence-electron chi connectivity index (χ3n) is 1.90. The average Bonchev–Trinajstić information content (AvgIpc) is 2.29. The van der Waals surface area contributed by atoms with Crippen molar-refractivity contribution >= 4 is 28.6 Å². The fourth-order valence-corrected chi connectivity index (χ4v) is 1.04. The summed E-state index contributed by atoms with van der Waals surface area (Å²) in [6, 6.07) is 7.38. The normalized spacial score (nSPS) is 11.1. The molecule has 0 bridgehead atoms. The first kappa shape index (κ1) is 12.5. The van der Waals surface area contributed by atoms with Gasteiger partial charge < -0.3 is 0 Å². The van der Waals surface area contributed by atoms with Crippen LogP contribution in [0.25, 0.3) is 0 Å². The quantitative estimate of drug-likeness (QED) is 0.499. The number of hydrogen-bond acceptors (Lipinski definition) is 3. The van der Waals surface area contributed by atoms with Crippen molar-refractivity contribution < 1.29 is 9.63 Å². The standard InChI is InChI=1S/C11H13ClN2O2/c1-3-10(12)14-16-11(15)13-9-7-5-4-6-8(9)2/h4-7H,3H2,1-2H3,(H,13,15)/b14-10-. The van der Waals surface area contributed by atoms with E-state index in [0.717, 1.165) is 5.56 Å². The highest BCUT2D eigenvalue weighted by Gasteiger charge is 2.04.